The minimum Gasteiger partial charge on any atom is -0.467 e. The maximum absolute atomic E-state index is 12.0. The summed E-state index contributed by atoms with van der Waals surface area (Å²) in [7, 11) is 1.31. The summed E-state index contributed by atoms with van der Waals surface area (Å²) in [6.07, 6.45) is 2.39. The molecule has 0 aromatic carbocycles. The lowest BCUT2D eigenvalue weighted by atomic mass is 10.1. The number of methoxy groups -OCH3 is 1. The van der Waals surface area contributed by atoms with Crippen LogP contribution >= 0.6 is 0 Å². The molecule has 6 heteroatoms. The second-order valence-electron chi connectivity index (χ2n) is 4.83. The molecule has 20 heavy (non-hydrogen) atoms. The predicted octanol–water partition coefficient (Wildman–Crippen LogP) is 1.27. The first-order valence-corrected chi connectivity index (χ1v) is 7.09. The van der Waals surface area contributed by atoms with Crippen LogP contribution in [0.1, 0.15) is 46.0 Å². The van der Waals surface area contributed by atoms with Crippen LogP contribution in [0, 0.1) is 0 Å². The molecule has 114 valence electrons. The van der Waals surface area contributed by atoms with E-state index in [4.69, 9.17) is 9.47 Å². The minimum absolute atomic E-state index is 0.0943. The molecule has 0 aromatic heterocycles. The Bertz CT molecular complexity index is 369. The van der Waals surface area contributed by atoms with Crippen molar-refractivity contribution in [2.45, 2.75) is 58.0 Å². The van der Waals surface area contributed by atoms with Gasteiger partial charge in [0.05, 0.1) is 20.1 Å². The van der Waals surface area contributed by atoms with Crippen LogP contribution in [0.5, 0.6) is 0 Å². The van der Waals surface area contributed by atoms with E-state index in [1.807, 2.05) is 6.92 Å². The predicted molar refractivity (Wildman–Crippen MR) is 71.8 cm³/mol. The summed E-state index contributed by atoms with van der Waals surface area (Å²) >= 11 is 0. The highest BCUT2D eigenvalue weighted by Crippen LogP contribution is 2.26. The van der Waals surface area contributed by atoms with Crippen molar-refractivity contribution in [3.05, 3.63) is 0 Å². The van der Waals surface area contributed by atoms with Gasteiger partial charge in [0.25, 0.3) is 0 Å². The van der Waals surface area contributed by atoms with Crippen molar-refractivity contribution in [2.75, 3.05) is 13.7 Å². The third-order valence-electron chi connectivity index (χ3n) is 3.45. The van der Waals surface area contributed by atoms with Gasteiger partial charge >= 0.3 is 11.9 Å². The molecule has 0 bridgehead atoms. The van der Waals surface area contributed by atoms with Crippen molar-refractivity contribution in [3.8, 4) is 0 Å². The average Bonchev–Trinajstić information content (AvgIpc) is 2.79. The third-order valence-corrected chi connectivity index (χ3v) is 3.45. The molecule has 0 saturated carbocycles. The van der Waals surface area contributed by atoms with Crippen LogP contribution in [-0.4, -0.2) is 48.5 Å². The Morgan fingerprint density at radius 1 is 1.40 bits per heavy atom. The van der Waals surface area contributed by atoms with Crippen molar-refractivity contribution in [1.29, 1.82) is 0 Å². The molecule has 0 spiro atoms. The van der Waals surface area contributed by atoms with Gasteiger partial charge in [-0.3, -0.25) is 9.59 Å². The summed E-state index contributed by atoms with van der Waals surface area (Å²) in [5.41, 5.74) is 0. The Morgan fingerprint density at radius 3 is 2.65 bits per heavy atom. The second-order valence-corrected chi connectivity index (χ2v) is 4.83. The van der Waals surface area contributed by atoms with Crippen LogP contribution in [0.4, 0.5) is 0 Å². The molecule has 6 nitrogen and oxygen atoms in total. The Labute approximate surface area is 119 Å². The molecule has 1 rings (SSSR count). The van der Waals surface area contributed by atoms with E-state index in [9.17, 15) is 14.4 Å². The maximum atomic E-state index is 12.0. The first-order chi connectivity index (χ1) is 9.54. The van der Waals surface area contributed by atoms with Crippen molar-refractivity contribution in [1.82, 2.24) is 4.90 Å². The zero-order valence-electron chi connectivity index (χ0n) is 12.4. The number of ether oxygens (including phenoxy) is 2. The van der Waals surface area contributed by atoms with Crippen LogP contribution in [0.2, 0.25) is 0 Å². The molecule has 1 amide bonds. The van der Waals surface area contributed by atoms with Gasteiger partial charge in [0.1, 0.15) is 6.04 Å². The van der Waals surface area contributed by atoms with E-state index in [-0.39, 0.29) is 24.3 Å². The molecule has 0 aliphatic carbocycles. The number of carbonyl (C=O) groups is 3. The molecule has 1 saturated heterocycles. The van der Waals surface area contributed by atoms with Gasteiger partial charge in [-0.15, -0.1) is 0 Å². The fourth-order valence-electron chi connectivity index (χ4n) is 2.61. The van der Waals surface area contributed by atoms with E-state index in [0.717, 1.165) is 6.42 Å². The fraction of sp³-hybridized carbons (Fsp3) is 0.786. The Hall–Kier alpha value is -1.59. The number of esters is 2. The summed E-state index contributed by atoms with van der Waals surface area (Å²) in [5.74, 6) is -0.849. The van der Waals surface area contributed by atoms with Crippen LogP contribution < -0.4 is 0 Å². The first kappa shape index (κ1) is 16.5. The molecule has 0 radical (unpaired) electrons. The van der Waals surface area contributed by atoms with Crippen molar-refractivity contribution >= 4 is 17.8 Å². The van der Waals surface area contributed by atoms with Gasteiger partial charge in [-0.2, -0.15) is 0 Å². The molecular weight excluding hydrogens is 262 g/mol. The summed E-state index contributed by atoms with van der Waals surface area (Å²) in [6, 6.07) is -0.864. The van der Waals surface area contributed by atoms with Crippen LogP contribution in [-0.2, 0) is 23.9 Å². The maximum Gasteiger partial charge on any atom is 0.328 e. The van der Waals surface area contributed by atoms with E-state index in [2.05, 4.69) is 0 Å². The molecule has 1 aliphatic rings. The van der Waals surface area contributed by atoms with Gasteiger partial charge in [0.15, 0.2) is 0 Å². The normalized spacial score (nSPS) is 19.9. The lowest BCUT2D eigenvalue weighted by molar-refractivity contribution is -0.153. The summed E-state index contributed by atoms with van der Waals surface area (Å²) in [6.45, 7) is 4.03. The highest BCUT2D eigenvalue weighted by atomic mass is 16.5. The number of nitrogens with zero attached hydrogens (tertiary/aromatic N) is 1. The topological polar surface area (TPSA) is 72.9 Å². The van der Waals surface area contributed by atoms with Gasteiger partial charge in [-0.25, -0.2) is 4.79 Å². The Morgan fingerprint density at radius 2 is 2.10 bits per heavy atom. The molecule has 0 aromatic rings. The van der Waals surface area contributed by atoms with Gasteiger partial charge in [0.2, 0.25) is 5.91 Å². The summed E-state index contributed by atoms with van der Waals surface area (Å²) < 4.78 is 9.69. The van der Waals surface area contributed by atoms with Gasteiger partial charge in [-0.1, -0.05) is 13.3 Å². The molecular formula is C14H23NO5. The van der Waals surface area contributed by atoms with Gasteiger partial charge < -0.3 is 14.4 Å². The Kier molecular flexibility index (Phi) is 6.48. The monoisotopic (exact) mass is 285 g/mol. The molecule has 0 N–H and O–H groups in total. The van der Waals surface area contributed by atoms with Crippen molar-refractivity contribution in [2.24, 2.45) is 0 Å². The van der Waals surface area contributed by atoms with E-state index >= 15 is 0 Å². The highest BCUT2D eigenvalue weighted by Gasteiger charge is 2.41. The lowest BCUT2D eigenvalue weighted by Gasteiger charge is -2.31. The van der Waals surface area contributed by atoms with Crippen LogP contribution in [0.25, 0.3) is 0 Å². The quantitative estimate of drug-likeness (QED) is 0.659. The number of hydrogen-bond acceptors (Lipinski definition) is 5. The zero-order valence-corrected chi connectivity index (χ0v) is 12.4. The highest BCUT2D eigenvalue weighted by molar-refractivity contribution is 5.88. The van der Waals surface area contributed by atoms with Crippen molar-refractivity contribution < 1.29 is 23.9 Å². The molecule has 1 aliphatic heterocycles. The first-order valence-electron chi connectivity index (χ1n) is 7.09. The zero-order chi connectivity index (χ0) is 15.1. The van der Waals surface area contributed by atoms with E-state index in [1.165, 1.54) is 12.0 Å². The number of hydrogen-bond donors (Lipinski definition) is 0. The second kappa shape index (κ2) is 7.87. The van der Waals surface area contributed by atoms with Gasteiger partial charge in [0, 0.05) is 12.5 Å². The summed E-state index contributed by atoms with van der Waals surface area (Å²) in [5, 5.41) is 0. The standard InChI is InChI=1S/C14H23NO5/c1-4-6-10(9-13(17)20-5-2)15-11(14(18)19-3)7-8-12(15)16/h10-11H,4-9H2,1-3H3. The average molecular weight is 285 g/mol. The van der Waals surface area contributed by atoms with E-state index in [1.54, 1.807) is 6.92 Å². The summed E-state index contributed by atoms with van der Waals surface area (Å²) in [4.78, 5) is 37.0. The van der Waals surface area contributed by atoms with E-state index < -0.39 is 12.0 Å². The number of rotatable bonds is 7. The molecule has 2 unspecified atom stereocenters. The number of likely N-dealkylation sites (tertiary alicyclic amines) is 1. The third kappa shape index (κ3) is 3.95. The molecule has 2 atom stereocenters. The molecule has 1 heterocycles. The number of carbonyl (C=O) groups excluding carboxylic acids is 3. The molecule has 1 fully saturated rings. The Balaban J connectivity index is 2.83. The lowest BCUT2D eigenvalue weighted by Crippen LogP contribution is -2.47. The number of amides is 1. The minimum atomic E-state index is -0.571. The van der Waals surface area contributed by atoms with Crippen LogP contribution in [0.15, 0.2) is 0 Å². The van der Waals surface area contributed by atoms with Crippen molar-refractivity contribution in [3.63, 3.8) is 0 Å². The fourth-order valence-corrected chi connectivity index (χ4v) is 2.61. The largest absolute Gasteiger partial charge is 0.467 e. The SMILES string of the molecule is CCCC(CC(=O)OCC)N1C(=O)CCC1C(=O)OC. The van der Waals surface area contributed by atoms with E-state index in [0.29, 0.717) is 25.9 Å². The van der Waals surface area contributed by atoms with Crippen LogP contribution in [0.3, 0.4) is 0 Å². The van der Waals surface area contributed by atoms with Gasteiger partial charge in [-0.05, 0) is 19.8 Å². The smallest absolute Gasteiger partial charge is 0.328 e.